The number of aliphatic hydroxyl groups excluding tert-OH is 2. The lowest BCUT2D eigenvalue weighted by atomic mass is 9.99. The van der Waals surface area contributed by atoms with Crippen LogP contribution in [0, 0.1) is 0 Å². The summed E-state index contributed by atoms with van der Waals surface area (Å²) in [5.74, 6) is 0.952. The average molecular weight is 248 g/mol. The molecule has 0 radical (unpaired) electrons. The molecule has 0 spiro atoms. The molecule has 0 amide bonds. The topological polar surface area (TPSA) is 56.6 Å². The summed E-state index contributed by atoms with van der Waals surface area (Å²) >= 11 is 0. The van der Waals surface area contributed by atoms with Gasteiger partial charge in [-0.3, -0.25) is 0 Å². The minimum atomic E-state index is -0.459. The number of rotatable bonds is 2. The molecule has 2 aliphatic heterocycles. The van der Waals surface area contributed by atoms with Crippen LogP contribution in [-0.2, 0) is 0 Å². The van der Waals surface area contributed by atoms with E-state index in [-0.39, 0.29) is 6.10 Å². The Morgan fingerprint density at radius 1 is 1.33 bits per heavy atom. The second-order valence-corrected chi connectivity index (χ2v) is 5.54. The van der Waals surface area contributed by atoms with Gasteiger partial charge in [0.05, 0.1) is 12.2 Å². The number of anilines is 1. The molecule has 4 nitrogen and oxygen atoms in total. The molecule has 3 heterocycles. The Labute approximate surface area is 107 Å². The number of hydrogen-bond donors (Lipinski definition) is 2. The van der Waals surface area contributed by atoms with Gasteiger partial charge in [-0.15, -0.1) is 0 Å². The summed E-state index contributed by atoms with van der Waals surface area (Å²) in [6.45, 7) is 1.77. The standard InChI is InChI=1S/C14H20N2O2/c1-9(17)10-4-5-15-14(6-10)16-11-2-3-12(16)8-13(18)7-11/h4-6,9,11-13,17-18H,2-3,7-8H2,1H3. The van der Waals surface area contributed by atoms with Gasteiger partial charge in [-0.2, -0.15) is 0 Å². The van der Waals surface area contributed by atoms with E-state index in [2.05, 4.69) is 9.88 Å². The summed E-state index contributed by atoms with van der Waals surface area (Å²) < 4.78 is 0. The molecule has 1 aromatic rings. The molecule has 2 fully saturated rings. The molecule has 98 valence electrons. The summed E-state index contributed by atoms with van der Waals surface area (Å²) in [4.78, 5) is 6.79. The maximum absolute atomic E-state index is 9.81. The van der Waals surface area contributed by atoms with Crippen LogP contribution in [0.1, 0.15) is 44.3 Å². The van der Waals surface area contributed by atoms with Crippen molar-refractivity contribution in [2.45, 2.75) is 56.9 Å². The van der Waals surface area contributed by atoms with E-state index >= 15 is 0 Å². The van der Waals surface area contributed by atoms with Crippen LogP contribution >= 0.6 is 0 Å². The van der Waals surface area contributed by atoms with Gasteiger partial charge in [0.1, 0.15) is 5.82 Å². The fourth-order valence-electron chi connectivity index (χ4n) is 3.36. The zero-order valence-electron chi connectivity index (χ0n) is 10.7. The first-order chi connectivity index (χ1) is 8.65. The smallest absolute Gasteiger partial charge is 0.129 e. The molecular weight excluding hydrogens is 228 g/mol. The third kappa shape index (κ3) is 1.99. The summed E-state index contributed by atoms with van der Waals surface area (Å²) in [5, 5.41) is 19.5. The normalized spacial score (nSPS) is 32.6. The van der Waals surface area contributed by atoms with Crippen molar-refractivity contribution < 1.29 is 10.2 Å². The van der Waals surface area contributed by atoms with Gasteiger partial charge in [0.25, 0.3) is 0 Å². The van der Waals surface area contributed by atoms with Crippen LogP contribution < -0.4 is 4.90 Å². The quantitative estimate of drug-likeness (QED) is 0.835. The highest BCUT2D eigenvalue weighted by molar-refractivity contribution is 5.46. The second kappa shape index (κ2) is 4.52. The van der Waals surface area contributed by atoms with Crippen molar-refractivity contribution in [3.63, 3.8) is 0 Å². The van der Waals surface area contributed by atoms with Crippen molar-refractivity contribution in [3.05, 3.63) is 23.9 Å². The van der Waals surface area contributed by atoms with E-state index < -0.39 is 6.10 Å². The molecule has 3 atom stereocenters. The molecule has 3 unspecified atom stereocenters. The number of aliphatic hydroxyl groups is 2. The number of pyridine rings is 1. The van der Waals surface area contributed by atoms with Gasteiger partial charge in [-0.1, -0.05) is 0 Å². The van der Waals surface area contributed by atoms with E-state index in [1.807, 2.05) is 12.1 Å². The van der Waals surface area contributed by atoms with E-state index in [0.717, 1.165) is 37.1 Å². The van der Waals surface area contributed by atoms with Crippen molar-refractivity contribution >= 4 is 5.82 Å². The third-order valence-corrected chi connectivity index (χ3v) is 4.22. The van der Waals surface area contributed by atoms with Gasteiger partial charge < -0.3 is 15.1 Å². The molecule has 2 saturated heterocycles. The Morgan fingerprint density at radius 2 is 2.00 bits per heavy atom. The van der Waals surface area contributed by atoms with E-state index in [9.17, 15) is 10.2 Å². The highest BCUT2D eigenvalue weighted by Crippen LogP contribution is 2.38. The minimum absolute atomic E-state index is 0.154. The monoisotopic (exact) mass is 248 g/mol. The summed E-state index contributed by atoms with van der Waals surface area (Å²) in [6.07, 6.45) is 5.12. The van der Waals surface area contributed by atoms with E-state index in [0.29, 0.717) is 12.1 Å². The van der Waals surface area contributed by atoms with Crippen molar-refractivity contribution in [2.24, 2.45) is 0 Å². The summed E-state index contributed by atoms with van der Waals surface area (Å²) in [7, 11) is 0. The van der Waals surface area contributed by atoms with Crippen LogP contribution in [-0.4, -0.2) is 33.4 Å². The molecule has 1 aromatic heterocycles. The van der Waals surface area contributed by atoms with Gasteiger partial charge in [0.15, 0.2) is 0 Å². The highest BCUT2D eigenvalue weighted by atomic mass is 16.3. The maximum atomic E-state index is 9.81. The largest absolute Gasteiger partial charge is 0.393 e. The predicted octanol–water partition coefficient (Wildman–Crippen LogP) is 1.63. The second-order valence-electron chi connectivity index (χ2n) is 5.54. The van der Waals surface area contributed by atoms with Crippen molar-refractivity contribution in [2.75, 3.05) is 4.90 Å². The molecule has 2 aliphatic rings. The zero-order chi connectivity index (χ0) is 12.7. The molecule has 4 heteroatoms. The van der Waals surface area contributed by atoms with E-state index in [1.54, 1.807) is 13.1 Å². The zero-order valence-corrected chi connectivity index (χ0v) is 10.7. The van der Waals surface area contributed by atoms with Crippen LogP contribution in [0.5, 0.6) is 0 Å². The lowest BCUT2D eigenvalue weighted by Gasteiger charge is -2.38. The SMILES string of the molecule is CC(O)c1ccnc(N2C3CCC2CC(O)C3)c1. The number of hydrogen-bond acceptors (Lipinski definition) is 4. The van der Waals surface area contributed by atoms with Crippen LogP contribution in [0.15, 0.2) is 18.3 Å². The molecule has 3 rings (SSSR count). The third-order valence-electron chi connectivity index (χ3n) is 4.22. The fraction of sp³-hybridized carbons (Fsp3) is 0.643. The maximum Gasteiger partial charge on any atom is 0.129 e. The lowest BCUT2D eigenvalue weighted by Crippen LogP contribution is -2.45. The number of fused-ring (bicyclic) bond motifs is 2. The number of nitrogens with zero attached hydrogens (tertiary/aromatic N) is 2. The number of aromatic nitrogens is 1. The predicted molar refractivity (Wildman–Crippen MR) is 69.4 cm³/mol. The average Bonchev–Trinajstić information content (AvgIpc) is 2.62. The van der Waals surface area contributed by atoms with Crippen molar-refractivity contribution in [1.29, 1.82) is 0 Å². The molecular formula is C14H20N2O2. The Balaban J connectivity index is 1.89. The lowest BCUT2D eigenvalue weighted by molar-refractivity contribution is 0.126. The first kappa shape index (κ1) is 11.9. The Bertz CT molecular complexity index is 422. The molecule has 0 aliphatic carbocycles. The van der Waals surface area contributed by atoms with Crippen molar-refractivity contribution in [3.8, 4) is 0 Å². The fourth-order valence-corrected chi connectivity index (χ4v) is 3.36. The number of piperidine rings is 1. The van der Waals surface area contributed by atoms with Crippen LogP contribution in [0.3, 0.4) is 0 Å². The van der Waals surface area contributed by atoms with Crippen LogP contribution in [0.25, 0.3) is 0 Å². The van der Waals surface area contributed by atoms with Crippen LogP contribution in [0.4, 0.5) is 5.82 Å². The van der Waals surface area contributed by atoms with Gasteiger partial charge >= 0.3 is 0 Å². The molecule has 0 aromatic carbocycles. The molecule has 18 heavy (non-hydrogen) atoms. The molecule has 0 saturated carbocycles. The highest BCUT2D eigenvalue weighted by Gasteiger charge is 2.40. The van der Waals surface area contributed by atoms with Crippen LogP contribution in [0.2, 0.25) is 0 Å². The van der Waals surface area contributed by atoms with E-state index in [4.69, 9.17) is 0 Å². The first-order valence-corrected chi connectivity index (χ1v) is 6.75. The van der Waals surface area contributed by atoms with Gasteiger partial charge in [0.2, 0.25) is 0 Å². The Hall–Kier alpha value is -1.13. The first-order valence-electron chi connectivity index (χ1n) is 6.75. The van der Waals surface area contributed by atoms with E-state index in [1.165, 1.54) is 0 Å². The van der Waals surface area contributed by atoms with Gasteiger partial charge in [-0.05, 0) is 50.3 Å². The Morgan fingerprint density at radius 3 is 2.61 bits per heavy atom. The van der Waals surface area contributed by atoms with Crippen molar-refractivity contribution in [1.82, 2.24) is 4.98 Å². The van der Waals surface area contributed by atoms with Gasteiger partial charge in [0, 0.05) is 18.3 Å². The summed E-state index contributed by atoms with van der Waals surface area (Å²) in [6, 6.07) is 4.66. The Kier molecular flexibility index (Phi) is 2.99. The molecule has 2 bridgehead atoms. The summed E-state index contributed by atoms with van der Waals surface area (Å²) in [5.41, 5.74) is 0.908. The minimum Gasteiger partial charge on any atom is -0.393 e. The van der Waals surface area contributed by atoms with Gasteiger partial charge in [-0.25, -0.2) is 4.98 Å². The molecule has 2 N–H and O–H groups in total.